The standard InChI is InChI=1S/C51H71N15O13/c1-64-10-12-65(13-11-64)25-5-9-30-32(15-25)61-48(59-30)23-4-8-29-31(14-23)60-47(58-29)22-2-6-26(7-3-22)73-21-24-19-66(63-62-24)20-35-45(78-50-37(57)42(71)40(69)34(18-53)75-50)43(72)51(76-35)79-46-38(67)27(54)16-28(55)44(46)77-49-36(56)41(70)39(68)33(17-52)74-49/h2-9,14-15,19,27-28,33-46,49-51,67-72H,10-13,16-18,20-21,52-57H2,1H3,(H,58,60)(H,59,61)/t27-,28?,33?,34+,35-,36?,37?,38?,39+,40-,41-,42?,43+,44+,45?,46-,49+,50-,51+/m1/s1. The van der Waals surface area contributed by atoms with Gasteiger partial charge in [0, 0.05) is 68.2 Å². The average Bonchev–Trinajstić information content (AvgIpc) is 4.39. The van der Waals surface area contributed by atoms with Crippen LogP contribution < -0.4 is 44.0 Å². The molecule has 79 heavy (non-hydrogen) atoms. The molecule has 28 nitrogen and oxygen atoms in total. The van der Waals surface area contributed by atoms with Gasteiger partial charge in [-0.25, -0.2) is 14.6 Å². The number of hydrogen-bond acceptors (Lipinski definition) is 25. The van der Waals surface area contributed by atoms with E-state index in [0.29, 0.717) is 17.3 Å². The number of aliphatic hydroxyl groups is 6. The smallest absolute Gasteiger partial charge is 0.187 e. The van der Waals surface area contributed by atoms with Gasteiger partial charge in [-0.05, 0) is 74.1 Å². The van der Waals surface area contributed by atoms with E-state index < -0.39 is 116 Å². The largest absolute Gasteiger partial charge is 0.487 e. The van der Waals surface area contributed by atoms with Crippen molar-refractivity contribution in [3.8, 4) is 28.5 Å². The van der Waals surface area contributed by atoms with Crippen LogP contribution in [0.25, 0.3) is 44.8 Å². The van der Waals surface area contributed by atoms with E-state index in [0.717, 1.165) is 65.2 Å². The Bertz CT molecular complexity index is 3000. The van der Waals surface area contributed by atoms with Crippen LogP contribution in [0.4, 0.5) is 5.69 Å². The molecule has 4 aliphatic heterocycles. The van der Waals surface area contributed by atoms with Gasteiger partial charge >= 0.3 is 0 Å². The number of hydrogen-bond donors (Lipinski definition) is 14. The molecule has 19 atom stereocenters. The van der Waals surface area contributed by atoms with E-state index in [1.807, 2.05) is 42.5 Å². The number of nitrogens with zero attached hydrogens (tertiary/aromatic N) is 7. The summed E-state index contributed by atoms with van der Waals surface area (Å²) < 4.78 is 44.3. The van der Waals surface area contributed by atoms with Crippen molar-refractivity contribution in [2.45, 2.75) is 136 Å². The number of fused-ring (bicyclic) bond motifs is 2. The van der Waals surface area contributed by atoms with Crippen LogP contribution in [0, 0.1) is 0 Å². The van der Waals surface area contributed by atoms with Crippen molar-refractivity contribution in [1.29, 1.82) is 0 Å². The number of likely N-dealkylation sites (N-methyl/N-ethyl adjacent to an activating group) is 1. The number of aromatic amines is 2. The molecule has 1 aliphatic carbocycles. The molecule has 3 aromatic heterocycles. The summed E-state index contributed by atoms with van der Waals surface area (Å²) in [4.78, 5) is 21.4. The molecule has 0 radical (unpaired) electrons. The SMILES string of the molecule is CN1CCN(c2ccc3nc(-c4ccc5nc(-c6ccc(OCc7cn(C[C@H]8O[C@@H](O[C@@H]9C(O)[C@H](N)CC(N)[C@@H]9O[C@@H]9OC(CN)[C@H](O)[C@H](O)C9N)[C@@H](O)C8O[C@H]8O[C@@H](CN)[C@@H](O)C(O)C8N)nn7)cc6)[nH]c5c4)[nH]c3c2)CC1. The summed E-state index contributed by atoms with van der Waals surface area (Å²) in [6.07, 6.45) is -18.7. The molecule has 0 bridgehead atoms. The fraction of sp³-hybridized carbons (Fsp3) is 0.569. The molecule has 7 unspecified atom stereocenters. The van der Waals surface area contributed by atoms with Gasteiger partial charge < -0.3 is 118 Å². The number of aliphatic hydroxyl groups excluding tert-OH is 6. The van der Waals surface area contributed by atoms with Crippen molar-refractivity contribution in [3.05, 3.63) is 72.6 Å². The van der Waals surface area contributed by atoms with Crippen LogP contribution in [-0.4, -0.2) is 233 Å². The van der Waals surface area contributed by atoms with E-state index in [9.17, 15) is 30.6 Å². The number of rotatable bonds is 16. The maximum atomic E-state index is 12.0. The van der Waals surface area contributed by atoms with E-state index >= 15 is 0 Å². The number of piperazine rings is 1. The number of aromatic nitrogens is 7. The zero-order chi connectivity index (χ0) is 55.4. The molecule has 0 amide bonds. The lowest BCUT2D eigenvalue weighted by Gasteiger charge is -2.47. The zero-order valence-electron chi connectivity index (χ0n) is 43.3. The topological polar surface area (TPSA) is 437 Å². The Morgan fingerprint density at radius 2 is 1.18 bits per heavy atom. The summed E-state index contributed by atoms with van der Waals surface area (Å²) in [6, 6.07) is 15.5. The second kappa shape index (κ2) is 23.2. The lowest BCUT2D eigenvalue weighted by atomic mass is 9.84. The van der Waals surface area contributed by atoms with Crippen LogP contribution in [0.15, 0.2) is 66.9 Å². The van der Waals surface area contributed by atoms with Gasteiger partial charge in [0.25, 0.3) is 0 Å². The van der Waals surface area contributed by atoms with Gasteiger partial charge in [-0.2, -0.15) is 0 Å². The fourth-order valence-corrected chi connectivity index (χ4v) is 11.0. The second-order valence-electron chi connectivity index (χ2n) is 21.2. The highest BCUT2D eigenvalue weighted by molar-refractivity contribution is 5.87. The third kappa shape index (κ3) is 11.3. The van der Waals surface area contributed by atoms with Crippen molar-refractivity contribution in [2.24, 2.45) is 34.4 Å². The summed E-state index contributed by atoms with van der Waals surface area (Å²) in [5.74, 6) is 2.00. The van der Waals surface area contributed by atoms with Crippen molar-refractivity contribution in [1.82, 2.24) is 39.8 Å². The molecule has 3 aromatic carbocycles. The Morgan fingerprint density at radius 3 is 1.82 bits per heavy atom. The molecular weight excluding hydrogens is 1030 g/mol. The van der Waals surface area contributed by atoms with Gasteiger partial charge in [0.1, 0.15) is 96.8 Å². The number of benzene rings is 3. The minimum Gasteiger partial charge on any atom is -0.487 e. The number of nitrogens with one attached hydrogen (secondary N) is 2. The maximum absolute atomic E-state index is 12.0. The van der Waals surface area contributed by atoms with Crippen LogP contribution in [0.1, 0.15) is 12.1 Å². The summed E-state index contributed by atoms with van der Waals surface area (Å²) in [6.45, 7) is 3.57. The Labute approximate surface area is 452 Å². The highest BCUT2D eigenvalue weighted by Gasteiger charge is 2.54. The lowest BCUT2D eigenvalue weighted by molar-refractivity contribution is -0.306. The van der Waals surface area contributed by atoms with Crippen LogP contribution in [0.5, 0.6) is 5.75 Å². The normalized spacial score (nSPS) is 35.7. The number of anilines is 1. The van der Waals surface area contributed by atoms with Gasteiger partial charge in [0.05, 0.1) is 53.0 Å². The number of ether oxygens (including phenoxy) is 7. The number of imidazole rings is 2. The van der Waals surface area contributed by atoms with Gasteiger partial charge in [-0.1, -0.05) is 5.21 Å². The monoisotopic (exact) mass is 1100 g/mol. The van der Waals surface area contributed by atoms with Crippen molar-refractivity contribution in [2.75, 3.05) is 51.2 Å². The molecule has 1 saturated carbocycles. The van der Waals surface area contributed by atoms with Crippen molar-refractivity contribution in [3.63, 3.8) is 0 Å². The van der Waals surface area contributed by atoms with Crippen LogP contribution >= 0.6 is 0 Å². The minimum atomic E-state index is -1.65. The lowest BCUT2D eigenvalue weighted by Crippen LogP contribution is -2.68. The first-order valence-corrected chi connectivity index (χ1v) is 26.5. The number of H-pyrrole nitrogens is 2. The molecule has 0 spiro atoms. The van der Waals surface area contributed by atoms with Crippen LogP contribution in [-0.2, 0) is 41.6 Å². The molecule has 6 aromatic rings. The van der Waals surface area contributed by atoms with Crippen LogP contribution in [0.3, 0.4) is 0 Å². The van der Waals surface area contributed by atoms with Gasteiger partial charge in [0.2, 0.25) is 0 Å². The molecule has 11 rings (SSSR count). The Hall–Kier alpha value is -5.42. The molecule has 428 valence electrons. The van der Waals surface area contributed by atoms with Gasteiger partial charge in [-0.15, -0.1) is 5.10 Å². The molecule has 7 heterocycles. The van der Waals surface area contributed by atoms with Crippen molar-refractivity contribution < 1.29 is 63.8 Å². The van der Waals surface area contributed by atoms with Crippen molar-refractivity contribution >= 4 is 27.8 Å². The highest BCUT2D eigenvalue weighted by Crippen LogP contribution is 2.36. The molecule has 28 heteroatoms. The zero-order valence-corrected chi connectivity index (χ0v) is 43.3. The summed E-state index contributed by atoms with van der Waals surface area (Å²) in [7, 11) is 2.15. The van der Waals surface area contributed by atoms with E-state index in [1.165, 1.54) is 10.4 Å². The van der Waals surface area contributed by atoms with Gasteiger partial charge in [-0.3, -0.25) is 0 Å². The van der Waals surface area contributed by atoms with E-state index in [-0.39, 0.29) is 32.7 Å². The minimum absolute atomic E-state index is 0.0227. The third-order valence-corrected chi connectivity index (χ3v) is 15.7. The molecule has 20 N–H and O–H groups in total. The second-order valence-corrected chi connectivity index (χ2v) is 21.2. The summed E-state index contributed by atoms with van der Waals surface area (Å²) in [5, 5.41) is 74.5. The fourth-order valence-electron chi connectivity index (χ4n) is 11.0. The predicted octanol–water partition coefficient (Wildman–Crippen LogP) is -4.18. The quantitative estimate of drug-likeness (QED) is 0.0437. The Balaban J connectivity index is 0.754. The predicted molar refractivity (Wildman–Crippen MR) is 282 cm³/mol. The third-order valence-electron chi connectivity index (χ3n) is 15.7. The van der Waals surface area contributed by atoms with E-state index in [1.54, 1.807) is 6.20 Å². The number of nitrogens with two attached hydrogens (primary N) is 6. The maximum Gasteiger partial charge on any atom is 0.187 e. The summed E-state index contributed by atoms with van der Waals surface area (Å²) >= 11 is 0. The first-order valence-electron chi connectivity index (χ1n) is 26.5. The average molecular weight is 1100 g/mol. The molecular formula is C51H71N15O13. The first-order chi connectivity index (χ1) is 38.0. The highest BCUT2D eigenvalue weighted by atomic mass is 16.8. The summed E-state index contributed by atoms with van der Waals surface area (Å²) in [5.41, 5.74) is 43.9. The molecule has 5 fully saturated rings. The first kappa shape index (κ1) is 55.5. The van der Waals surface area contributed by atoms with Gasteiger partial charge in [0.15, 0.2) is 18.9 Å². The van der Waals surface area contributed by atoms with E-state index in [4.69, 9.17) is 77.5 Å². The molecule has 5 aliphatic rings. The van der Waals surface area contributed by atoms with Crippen LogP contribution in [0.2, 0.25) is 0 Å². The Kier molecular flexibility index (Phi) is 16.3. The Morgan fingerprint density at radius 1 is 0.608 bits per heavy atom. The molecule has 4 saturated heterocycles. The van der Waals surface area contributed by atoms with E-state index in [2.05, 4.69) is 55.3 Å².